The van der Waals surface area contributed by atoms with Gasteiger partial charge in [0.25, 0.3) is 0 Å². The van der Waals surface area contributed by atoms with Gasteiger partial charge in [-0.2, -0.15) is 5.10 Å². The number of hydrogen-bond donors (Lipinski definition) is 2. The van der Waals surface area contributed by atoms with Crippen LogP contribution in [-0.4, -0.2) is 27.7 Å². The SMILES string of the molecule is CNC1C(=O)Nc2cc(Sc3ncnn3C)ccc21. The maximum Gasteiger partial charge on any atom is 0.246 e. The Bertz CT molecular complexity index is 639. The number of likely N-dealkylation sites (N-methyl/N-ethyl adjacent to an activating group) is 1. The summed E-state index contributed by atoms with van der Waals surface area (Å²) in [5, 5.41) is 10.7. The molecule has 0 fully saturated rings. The van der Waals surface area contributed by atoms with E-state index in [2.05, 4.69) is 20.7 Å². The number of amides is 1. The lowest BCUT2D eigenvalue weighted by Gasteiger charge is -2.07. The Kier molecular flexibility index (Phi) is 3.00. The van der Waals surface area contributed by atoms with Crippen molar-refractivity contribution in [2.75, 3.05) is 12.4 Å². The molecule has 3 rings (SSSR count). The first-order chi connectivity index (χ1) is 9.19. The van der Waals surface area contributed by atoms with E-state index in [0.29, 0.717) is 0 Å². The fourth-order valence-electron chi connectivity index (χ4n) is 2.08. The average molecular weight is 275 g/mol. The molecule has 1 aliphatic heterocycles. The lowest BCUT2D eigenvalue weighted by Crippen LogP contribution is -2.23. The van der Waals surface area contributed by atoms with E-state index in [1.807, 2.05) is 25.2 Å². The number of hydrogen-bond acceptors (Lipinski definition) is 5. The monoisotopic (exact) mass is 275 g/mol. The molecule has 2 aromatic rings. The largest absolute Gasteiger partial charge is 0.324 e. The minimum Gasteiger partial charge on any atom is -0.324 e. The third kappa shape index (κ3) is 2.11. The normalized spacial score (nSPS) is 17.4. The van der Waals surface area contributed by atoms with Crippen LogP contribution < -0.4 is 10.6 Å². The van der Waals surface area contributed by atoms with E-state index in [9.17, 15) is 4.79 Å². The van der Waals surface area contributed by atoms with Crippen LogP contribution in [0.1, 0.15) is 11.6 Å². The number of rotatable bonds is 3. The lowest BCUT2D eigenvalue weighted by molar-refractivity contribution is -0.117. The van der Waals surface area contributed by atoms with Gasteiger partial charge in [-0.1, -0.05) is 17.8 Å². The summed E-state index contributed by atoms with van der Waals surface area (Å²) in [5.41, 5.74) is 1.84. The number of aromatic nitrogens is 3. The molecule has 2 N–H and O–H groups in total. The summed E-state index contributed by atoms with van der Waals surface area (Å²) in [6.45, 7) is 0. The summed E-state index contributed by atoms with van der Waals surface area (Å²) in [4.78, 5) is 16.9. The number of aryl methyl sites for hydroxylation is 1. The molecule has 0 saturated heterocycles. The highest BCUT2D eigenvalue weighted by molar-refractivity contribution is 7.99. The van der Waals surface area contributed by atoms with E-state index >= 15 is 0 Å². The third-order valence-electron chi connectivity index (χ3n) is 3.02. The molecule has 0 saturated carbocycles. The van der Waals surface area contributed by atoms with Crippen LogP contribution in [-0.2, 0) is 11.8 Å². The molecular formula is C12H13N5OS. The van der Waals surface area contributed by atoms with E-state index in [1.54, 1.807) is 11.7 Å². The fourth-order valence-corrected chi connectivity index (χ4v) is 2.88. The Labute approximate surface area is 114 Å². The molecule has 1 aromatic carbocycles. The van der Waals surface area contributed by atoms with Crippen molar-refractivity contribution in [2.24, 2.45) is 7.05 Å². The van der Waals surface area contributed by atoms with Crippen LogP contribution in [0, 0.1) is 0 Å². The summed E-state index contributed by atoms with van der Waals surface area (Å²) in [5.74, 6) is -0.0155. The number of nitrogens with one attached hydrogen (secondary N) is 2. The van der Waals surface area contributed by atoms with Crippen molar-refractivity contribution < 1.29 is 4.79 Å². The van der Waals surface area contributed by atoms with E-state index in [-0.39, 0.29) is 11.9 Å². The summed E-state index contributed by atoms with van der Waals surface area (Å²) in [7, 11) is 3.63. The van der Waals surface area contributed by atoms with Gasteiger partial charge in [-0.15, -0.1) is 0 Å². The highest BCUT2D eigenvalue weighted by Crippen LogP contribution is 2.35. The van der Waals surface area contributed by atoms with Crippen LogP contribution in [0.3, 0.4) is 0 Å². The summed E-state index contributed by atoms with van der Waals surface area (Å²) in [6, 6.07) is 5.66. The number of carbonyl (C=O) groups excluding carboxylic acids is 1. The molecule has 1 unspecified atom stereocenters. The first-order valence-corrected chi connectivity index (χ1v) is 6.64. The van der Waals surface area contributed by atoms with Crippen molar-refractivity contribution in [1.29, 1.82) is 0 Å². The third-order valence-corrected chi connectivity index (χ3v) is 4.07. The van der Waals surface area contributed by atoms with Gasteiger partial charge in [0.05, 0.1) is 0 Å². The maximum atomic E-state index is 11.7. The molecule has 7 heteroatoms. The van der Waals surface area contributed by atoms with Crippen LogP contribution in [0.15, 0.2) is 34.6 Å². The topological polar surface area (TPSA) is 71.8 Å². The van der Waals surface area contributed by atoms with Crippen molar-refractivity contribution in [3.63, 3.8) is 0 Å². The zero-order chi connectivity index (χ0) is 13.4. The number of benzene rings is 1. The van der Waals surface area contributed by atoms with Crippen molar-refractivity contribution in [3.8, 4) is 0 Å². The second-order valence-electron chi connectivity index (χ2n) is 4.23. The van der Waals surface area contributed by atoms with E-state index < -0.39 is 0 Å². The molecule has 0 spiro atoms. The highest BCUT2D eigenvalue weighted by Gasteiger charge is 2.29. The van der Waals surface area contributed by atoms with Crippen molar-refractivity contribution in [3.05, 3.63) is 30.1 Å². The molecule has 98 valence electrons. The molecule has 6 nitrogen and oxygen atoms in total. The fraction of sp³-hybridized carbons (Fsp3) is 0.250. The van der Waals surface area contributed by atoms with Crippen molar-refractivity contribution >= 4 is 23.4 Å². The predicted molar refractivity (Wildman–Crippen MR) is 72.0 cm³/mol. The minimum absolute atomic E-state index is 0.0155. The van der Waals surface area contributed by atoms with Gasteiger partial charge in [-0.05, 0) is 19.2 Å². The summed E-state index contributed by atoms with van der Waals surface area (Å²) >= 11 is 1.51. The zero-order valence-corrected chi connectivity index (χ0v) is 11.4. The van der Waals surface area contributed by atoms with Gasteiger partial charge in [-0.3, -0.25) is 4.79 Å². The molecule has 1 atom stereocenters. The summed E-state index contributed by atoms with van der Waals surface area (Å²) < 4.78 is 1.72. The number of anilines is 1. The highest BCUT2D eigenvalue weighted by atomic mass is 32.2. The van der Waals surface area contributed by atoms with Crippen LogP contribution >= 0.6 is 11.8 Å². The molecular weight excluding hydrogens is 262 g/mol. The van der Waals surface area contributed by atoms with Crippen LogP contribution in [0.2, 0.25) is 0 Å². The minimum atomic E-state index is -0.260. The predicted octanol–water partition coefficient (Wildman–Crippen LogP) is 1.18. The molecule has 1 amide bonds. The Morgan fingerprint density at radius 1 is 1.47 bits per heavy atom. The number of carbonyl (C=O) groups is 1. The molecule has 1 aromatic heterocycles. The van der Waals surface area contributed by atoms with Gasteiger partial charge < -0.3 is 10.6 Å². The van der Waals surface area contributed by atoms with Gasteiger partial charge in [0.1, 0.15) is 12.4 Å². The number of fused-ring (bicyclic) bond motifs is 1. The average Bonchev–Trinajstić information content (AvgIpc) is 2.92. The second-order valence-corrected chi connectivity index (χ2v) is 5.27. The van der Waals surface area contributed by atoms with E-state index in [0.717, 1.165) is 21.3 Å². The molecule has 2 heterocycles. The molecule has 0 bridgehead atoms. The van der Waals surface area contributed by atoms with Crippen LogP contribution in [0.5, 0.6) is 0 Å². The van der Waals surface area contributed by atoms with Crippen LogP contribution in [0.4, 0.5) is 5.69 Å². The standard InChI is InChI=1S/C12H13N5OS/c1-13-10-8-4-3-7(5-9(8)16-11(10)18)19-12-14-6-15-17(12)2/h3-6,10,13H,1-2H3,(H,16,18). The lowest BCUT2D eigenvalue weighted by atomic mass is 10.1. The van der Waals surface area contributed by atoms with Gasteiger partial charge in [0.2, 0.25) is 5.91 Å². The van der Waals surface area contributed by atoms with E-state index in [4.69, 9.17) is 0 Å². The zero-order valence-electron chi connectivity index (χ0n) is 10.5. The Morgan fingerprint density at radius 2 is 2.32 bits per heavy atom. The molecule has 0 aliphatic carbocycles. The first kappa shape index (κ1) is 12.2. The molecule has 19 heavy (non-hydrogen) atoms. The molecule has 1 aliphatic rings. The molecule has 0 radical (unpaired) electrons. The summed E-state index contributed by atoms with van der Waals surface area (Å²) in [6.07, 6.45) is 1.52. The Morgan fingerprint density at radius 3 is 3.00 bits per heavy atom. The van der Waals surface area contributed by atoms with Crippen molar-refractivity contribution in [2.45, 2.75) is 16.1 Å². The maximum absolute atomic E-state index is 11.7. The van der Waals surface area contributed by atoms with Gasteiger partial charge in [-0.25, -0.2) is 9.67 Å². The van der Waals surface area contributed by atoms with Gasteiger partial charge >= 0.3 is 0 Å². The van der Waals surface area contributed by atoms with E-state index in [1.165, 1.54) is 18.1 Å². The van der Waals surface area contributed by atoms with Crippen molar-refractivity contribution in [1.82, 2.24) is 20.1 Å². The quantitative estimate of drug-likeness (QED) is 0.880. The first-order valence-electron chi connectivity index (χ1n) is 5.83. The Balaban J connectivity index is 1.89. The van der Waals surface area contributed by atoms with Crippen LogP contribution in [0.25, 0.3) is 0 Å². The van der Waals surface area contributed by atoms with Gasteiger partial charge in [0, 0.05) is 23.2 Å². The smallest absolute Gasteiger partial charge is 0.246 e. The Hall–Kier alpha value is -1.86. The van der Waals surface area contributed by atoms with Gasteiger partial charge in [0.15, 0.2) is 5.16 Å². The number of nitrogens with zero attached hydrogens (tertiary/aromatic N) is 3. The second kappa shape index (κ2) is 4.67.